The van der Waals surface area contributed by atoms with Crippen molar-refractivity contribution in [2.45, 2.75) is 125 Å². The maximum absolute atomic E-state index is 7.07. The lowest BCUT2D eigenvalue weighted by molar-refractivity contribution is 0.198. The molecule has 6 aromatic heterocycles. The van der Waals surface area contributed by atoms with Crippen LogP contribution in [0.3, 0.4) is 0 Å². The summed E-state index contributed by atoms with van der Waals surface area (Å²) in [7, 11) is 0. The number of aromatic nitrogens is 16. The van der Waals surface area contributed by atoms with Gasteiger partial charge in [-0.1, -0.05) is 125 Å². The number of hydrogen-bond donors (Lipinski definition) is 4. The van der Waals surface area contributed by atoms with E-state index in [1.165, 1.54) is 0 Å². The van der Waals surface area contributed by atoms with Crippen LogP contribution in [0.4, 0.5) is 0 Å². The highest BCUT2D eigenvalue weighted by molar-refractivity contribution is 6.09. The van der Waals surface area contributed by atoms with E-state index in [1.807, 2.05) is 146 Å². The number of benzene rings is 8. The van der Waals surface area contributed by atoms with Crippen molar-refractivity contribution >= 4 is 88.3 Å². The average Bonchev–Trinajstić information content (AvgIpc) is 1.62. The molecule has 0 aliphatic carbocycles. The molecule has 10 heterocycles. The second-order valence-corrected chi connectivity index (χ2v) is 38.1. The minimum atomic E-state index is -0.112. The van der Waals surface area contributed by atoms with Gasteiger partial charge in [-0.3, -0.25) is 0 Å². The van der Waals surface area contributed by atoms with Gasteiger partial charge < -0.3 is 53.1 Å². The molecule has 0 saturated heterocycles. The summed E-state index contributed by atoms with van der Waals surface area (Å²) < 4.78 is 45.9. The Morgan fingerprint density at radius 1 is 0.188 bits per heavy atom. The molecule has 23 nitrogen and oxygen atoms in total. The first kappa shape index (κ1) is 75.4. The van der Waals surface area contributed by atoms with Crippen LogP contribution in [-0.4, -0.2) is 119 Å². The van der Waals surface area contributed by atoms with Gasteiger partial charge >= 0.3 is 0 Å². The van der Waals surface area contributed by atoms with Crippen molar-refractivity contribution in [3.63, 3.8) is 0 Å². The predicted octanol–water partition coefficient (Wildman–Crippen LogP) is 22.4. The molecule has 4 N–H and O–H groups in total. The van der Waals surface area contributed by atoms with E-state index in [0.29, 0.717) is 200 Å². The van der Waals surface area contributed by atoms with E-state index in [0.717, 1.165) is 65.3 Å². The lowest BCUT2D eigenvalue weighted by Crippen LogP contribution is -2.16. The summed E-state index contributed by atoms with van der Waals surface area (Å²) in [6.07, 6.45) is 0. The molecule has 23 heteroatoms. The molecule has 0 unspecified atom stereocenters. The van der Waals surface area contributed by atoms with Gasteiger partial charge in [0, 0.05) is 87.6 Å². The molecule has 0 spiro atoms. The largest absolute Gasteiger partial charge is 0.493 e. The minimum Gasteiger partial charge on any atom is -0.493 e. The van der Waals surface area contributed by atoms with E-state index in [9.17, 15) is 0 Å². The van der Waals surface area contributed by atoms with Crippen molar-refractivity contribution in [2.24, 2.45) is 32.5 Å². The number of fused-ring (bicyclic) bond motifs is 40. The highest BCUT2D eigenvalue weighted by Crippen LogP contribution is 2.46. The number of H-pyrrole nitrogens is 4. The van der Waals surface area contributed by atoms with Crippen molar-refractivity contribution in [3.8, 4) is 137 Å². The van der Waals surface area contributed by atoms with Crippen molar-refractivity contribution in [1.29, 1.82) is 0 Å². The number of aromatic amines is 4. The Hall–Kier alpha value is -12.9. The van der Waals surface area contributed by atoms with Crippen LogP contribution < -0.4 is 33.2 Å². The predicted molar refractivity (Wildman–Crippen MR) is 462 cm³/mol. The number of nitrogens with one attached hydrogen (secondary N) is 4. The smallest absolute Gasteiger partial charge is 0.164 e. The summed E-state index contributed by atoms with van der Waals surface area (Å²) in [6, 6.07) is 47.5. The zero-order valence-corrected chi connectivity index (χ0v) is 69.3. The second kappa shape index (κ2) is 27.9. The number of hydrogen-bond acceptors (Lipinski definition) is 19. The molecule has 0 radical (unpaired) electrons. The van der Waals surface area contributed by atoms with E-state index in [-0.39, 0.29) is 32.5 Å². The van der Waals surface area contributed by atoms with Crippen molar-refractivity contribution in [2.75, 3.05) is 39.6 Å². The Balaban J connectivity index is 0.809. The normalized spacial score (nSPS) is 12.9. The van der Waals surface area contributed by atoms with Gasteiger partial charge in [0.15, 0.2) is 46.6 Å². The highest BCUT2D eigenvalue weighted by Gasteiger charge is 2.30. The Bertz CT molecular complexity index is 6390. The van der Waals surface area contributed by atoms with Gasteiger partial charge in [0.25, 0.3) is 0 Å². The molecule has 0 fully saturated rings. The fraction of sp³-hybridized carbons (Fsp3) is 0.319. The molecule has 4 aliphatic heterocycles. The van der Waals surface area contributed by atoms with Gasteiger partial charge in [-0.2, -0.15) is 0 Å². The Morgan fingerprint density at radius 3 is 0.573 bits per heavy atom. The van der Waals surface area contributed by atoms with Gasteiger partial charge in [0.1, 0.15) is 91.2 Å². The second-order valence-electron chi connectivity index (χ2n) is 38.1. The molecule has 16 bridgehead atoms. The molecule has 18 rings (SSSR count). The lowest BCUT2D eigenvalue weighted by atomic mass is 9.98. The third kappa shape index (κ3) is 15.7. The van der Waals surface area contributed by atoms with Gasteiger partial charge in [-0.25, -0.2) is 59.8 Å². The maximum Gasteiger partial charge on any atom is 0.164 e. The molecule has 0 amide bonds. The zero-order chi connectivity index (χ0) is 81.6. The van der Waals surface area contributed by atoms with Crippen LogP contribution in [-0.2, 0) is 0 Å². The van der Waals surface area contributed by atoms with Crippen LogP contribution in [0, 0.1) is 32.5 Å². The van der Waals surface area contributed by atoms with E-state index in [2.05, 4.69) is 145 Å². The molecule has 0 atom stereocenters. The van der Waals surface area contributed by atoms with E-state index in [4.69, 9.17) is 93.0 Å². The standard InChI is InChI=1S/C94H94N16O7/c1-89(2,3)43-111-49-21-29-59-65(35-49)81-101-77-61-31-23-53(115-47-93(13,14)15)39-69(61)85(105-77)109-83-67-37-51(113-45-91(7,8)9)19-27-57(67)73(97-83)95-75-63-33-25-55(41-71(63)87(99-75)107-79(59)103-81)117-56-26-34-64-72(42-56)88-100-76(64)96-74-58-28-20-52(114-46-92(10,11)12)38-68(58)84(98-74)110-86-70-40-54(116-48-94(16,17)18)24-32-62(70)78(106-86)102-82-66-36-50(112-44-90(4,5)6)22-30-60(66)80(104-82)108-88/h19-42H,43-48H2,1-18H3,(H2,95,97,99,101,103,105,107,109)(H2,96,98,100,102,104,106,108,110). The molecule has 117 heavy (non-hydrogen) atoms. The van der Waals surface area contributed by atoms with Crippen LogP contribution in [0.1, 0.15) is 125 Å². The quantitative estimate of drug-likeness (QED) is 0.0787. The van der Waals surface area contributed by atoms with Crippen LogP contribution in [0.15, 0.2) is 146 Å². The fourth-order valence-electron chi connectivity index (χ4n) is 14.0. The summed E-state index contributed by atoms with van der Waals surface area (Å²) in [5.74, 6) is 8.38. The Labute approximate surface area is 677 Å². The lowest BCUT2D eigenvalue weighted by Gasteiger charge is -2.19. The monoisotopic (exact) mass is 1560 g/mol. The van der Waals surface area contributed by atoms with Gasteiger partial charge in [0.2, 0.25) is 0 Å². The molecule has 4 aliphatic rings. The summed E-state index contributed by atoms with van der Waals surface area (Å²) in [6.45, 7) is 41.6. The first-order valence-corrected chi connectivity index (χ1v) is 39.8. The summed E-state index contributed by atoms with van der Waals surface area (Å²) in [5.41, 5.74) is 9.25. The minimum absolute atomic E-state index is 0.0929. The summed E-state index contributed by atoms with van der Waals surface area (Å²) in [5, 5.41) is 6.18. The third-order valence-electron chi connectivity index (χ3n) is 19.7. The van der Waals surface area contributed by atoms with Crippen LogP contribution in [0.2, 0.25) is 0 Å². The first-order chi connectivity index (χ1) is 55.5. The van der Waals surface area contributed by atoms with E-state index < -0.39 is 0 Å². The summed E-state index contributed by atoms with van der Waals surface area (Å²) >= 11 is 0. The van der Waals surface area contributed by atoms with Crippen molar-refractivity contribution < 1.29 is 33.2 Å². The van der Waals surface area contributed by atoms with Crippen LogP contribution in [0.5, 0.6) is 46.0 Å². The molecule has 592 valence electrons. The Kier molecular flexibility index (Phi) is 18.0. The molecule has 14 aromatic rings. The number of rotatable bonds is 14. The van der Waals surface area contributed by atoms with Crippen molar-refractivity contribution in [1.82, 2.24) is 79.7 Å². The van der Waals surface area contributed by atoms with Gasteiger partial charge in [-0.15, -0.1) is 0 Å². The Morgan fingerprint density at radius 2 is 0.359 bits per heavy atom. The molecule has 8 aromatic carbocycles. The topological polar surface area (TPSA) is 282 Å². The van der Waals surface area contributed by atoms with Crippen molar-refractivity contribution in [3.05, 3.63) is 146 Å². The SMILES string of the molecule is CC(C)(C)COc1ccc2c(c1)-c1nc-2nc2[nH]c(nc3nc(nc4[nH]c(n1)c1cc(OCC(C)(C)C)ccc41)-c1ccc(Oc4ccc5c(c4)-c4nc-5nc5[nH]c(nc6nc(nc7[nH]c(n4)c4ccc(OCC(C)(C)C)cc74)-c4ccc(OCC(C)(C)C)cc4-6)c4cc(OCC(C)(C)C)ccc54)cc1-3)c1ccc(OCC(C)(C)C)cc21. The molecular weight excluding hydrogens is 1470 g/mol. The molecular formula is C94H94N16O7. The van der Waals surface area contributed by atoms with Crippen LogP contribution in [0.25, 0.3) is 179 Å². The van der Waals surface area contributed by atoms with E-state index >= 15 is 0 Å². The third-order valence-corrected chi connectivity index (χ3v) is 19.7. The maximum atomic E-state index is 7.07. The zero-order valence-electron chi connectivity index (χ0n) is 69.3. The van der Waals surface area contributed by atoms with Gasteiger partial charge in [-0.05, 0) is 178 Å². The van der Waals surface area contributed by atoms with Gasteiger partial charge in [0.05, 0.1) is 39.6 Å². The fourth-order valence-corrected chi connectivity index (χ4v) is 14.0. The average molecular weight is 1560 g/mol. The number of nitrogens with zero attached hydrogens (tertiary/aromatic N) is 12. The van der Waals surface area contributed by atoms with Crippen LogP contribution >= 0.6 is 0 Å². The first-order valence-electron chi connectivity index (χ1n) is 39.8. The molecule has 0 saturated carbocycles. The highest BCUT2D eigenvalue weighted by atomic mass is 16.5. The summed E-state index contributed by atoms with van der Waals surface area (Å²) in [4.78, 5) is 79.0. The van der Waals surface area contributed by atoms with E-state index in [1.54, 1.807) is 0 Å². The number of ether oxygens (including phenoxy) is 7.